The molecule has 6 nitrogen and oxygen atoms in total. The lowest BCUT2D eigenvalue weighted by Crippen LogP contribution is -2.31. The summed E-state index contributed by atoms with van der Waals surface area (Å²) >= 11 is 0. The zero-order chi connectivity index (χ0) is 22.3. The topological polar surface area (TPSA) is 74.3 Å². The summed E-state index contributed by atoms with van der Waals surface area (Å²) < 4.78 is 24.1. The molecule has 0 amide bonds. The molecule has 4 rings (SSSR count). The van der Waals surface area contributed by atoms with Crippen molar-refractivity contribution in [3.05, 3.63) is 77.1 Å². The van der Waals surface area contributed by atoms with E-state index in [0.717, 1.165) is 24.4 Å². The van der Waals surface area contributed by atoms with E-state index in [1.807, 2.05) is 12.1 Å². The summed E-state index contributed by atoms with van der Waals surface area (Å²) in [7, 11) is 1.66. The zero-order valence-electron chi connectivity index (χ0n) is 17.9. The number of nitriles is 1. The van der Waals surface area contributed by atoms with Crippen molar-refractivity contribution in [3.8, 4) is 11.8 Å². The minimum absolute atomic E-state index is 0.137. The molecular weight excluding hydrogens is 407 g/mol. The number of likely N-dealkylation sites (tertiary alicyclic amines) is 1. The Morgan fingerprint density at radius 1 is 1.16 bits per heavy atom. The third-order valence-electron chi connectivity index (χ3n) is 5.58. The van der Waals surface area contributed by atoms with Crippen molar-refractivity contribution >= 4 is 18.0 Å². The number of nitrogens with zero attached hydrogens (tertiary/aromatic N) is 3. The number of hydrogen-bond donors (Lipinski definition) is 1. The van der Waals surface area contributed by atoms with Crippen molar-refractivity contribution in [1.82, 2.24) is 9.88 Å². The molecule has 1 saturated heterocycles. The first-order chi connectivity index (χ1) is 15.7. The highest BCUT2D eigenvalue weighted by molar-refractivity contribution is 5.67. The van der Waals surface area contributed by atoms with Gasteiger partial charge in [-0.3, -0.25) is 4.90 Å². The number of rotatable bonds is 8. The van der Waals surface area contributed by atoms with Crippen LogP contribution < -0.4 is 10.1 Å². The fraction of sp³-hybridized carbons (Fsp3) is 0.280. The molecule has 7 heteroatoms. The van der Waals surface area contributed by atoms with Crippen LogP contribution in [0.5, 0.6) is 5.75 Å². The monoisotopic (exact) mass is 432 g/mol. The highest BCUT2D eigenvalue weighted by atomic mass is 19.1. The molecule has 1 fully saturated rings. The van der Waals surface area contributed by atoms with Gasteiger partial charge in [0.25, 0.3) is 0 Å². The summed E-state index contributed by atoms with van der Waals surface area (Å²) in [5, 5.41) is 12.8. The standard InChI is InChI=1S/C25H25FN4O2/c1-31-21-11-7-19(8-12-21)23(30-14-2-3-15-30)17-28-25-22(16-27)29-24(32-25)13-6-18-4-9-20(26)10-5-18/h4-13,23,28H,2-3,14-15,17H2,1H3/b13-6+. The maximum atomic E-state index is 13.1. The van der Waals surface area contributed by atoms with Gasteiger partial charge in [-0.1, -0.05) is 24.3 Å². The average Bonchev–Trinajstić information content (AvgIpc) is 3.49. The maximum absolute atomic E-state index is 13.1. The van der Waals surface area contributed by atoms with Crippen LogP contribution in [0.25, 0.3) is 12.2 Å². The number of aromatic nitrogens is 1. The lowest BCUT2D eigenvalue weighted by atomic mass is 10.1. The highest BCUT2D eigenvalue weighted by Gasteiger charge is 2.24. The summed E-state index contributed by atoms with van der Waals surface area (Å²) in [6, 6.07) is 16.4. The summed E-state index contributed by atoms with van der Waals surface area (Å²) in [6.45, 7) is 2.65. The zero-order valence-corrected chi connectivity index (χ0v) is 17.9. The van der Waals surface area contributed by atoms with Crippen LogP contribution in [-0.2, 0) is 0 Å². The van der Waals surface area contributed by atoms with Gasteiger partial charge in [-0.05, 0) is 67.4 Å². The molecule has 1 unspecified atom stereocenters. The molecule has 2 aromatic carbocycles. The quantitative estimate of drug-likeness (QED) is 0.533. The van der Waals surface area contributed by atoms with Crippen LogP contribution in [-0.4, -0.2) is 36.6 Å². The second kappa shape index (κ2) is 10.1. The Kier molecular flexibility index (Phi) is 6.83. The van der Waals surface area contributed by atoms with E-state index in [-0.39, 0.29) is 17.6 Å². The van der Waals surface area contributed by atoms with E-state index in [1.54, 1.807) is 31.4 Å². The van der Waals surface area contributed by atoms with Crippen LogP contribution in [0.3, 0.4) is 0 Å². The first kappa shape index (κ1) is 21.6. The minimum Gasteiger partial charge on any atom is -0.497 e. The maximum Gasteiger partial charge on any atom is 0.232 e. The van der Waals surface area contributed by atoms with Gasteiger partial charge in [0.05, 0.1) is 13.2 Å². The Morgan fingerprint density at radius 3 is 2.53 bits per heavy atom. The Morgan fingerprint density at radius 2 is 1.88 bits per heavy atom. The normalized spacial score (nSPS) is 15.0. The van der Waals surface area contributed by atoms with Crippen molar-refractivity contribution in [3.63, 3.8) is 0 Å². The SMILES string of the molecule is COc1ccc(C(CNc2oc(/C=C/c3ccc(F)cc3)nc2C#N)N2CCCC2)cc1. The van der Waals surface area contributed by atoms with Crippen LogP contribution in [0.4, 0.5) is 10.3 Å². The van der Waals surface area contributed by atoms with Gasteiger partial charge in [0.2, 0.25) is 17.5 Å². The van der Waals surface area contributed by atoms with Gasteiger partial charge < -0.3 is 14.5 Å². The van der Waals surface area contributed by atoms with Crippen molar-refractivity contribution in [2.75, 3.05) is 32.1 Å². The number of hydrogen-bond acceptors (Lipinski definition) is 6. The lowest BCUT2D eigenvalue weighted by molar-refractivity contribution is 0.255. The van der Waals surface area contributed by atoms with E-state index in [2.05, 4.69) is 33.4 Å². The first-order valence-corrected chi connectivity index (χ1v) is 10.6. The minimum atomic E-state index is -0.291. The van der Waals surface area contributed by atoms with Gasteiger partial charge in [-0.15, -0.1) is 0 Å². The van der Waals surface area contributed by atoms with Gasteiger partial charge in [0.1, 0.15) is 17.6 Å². The van der Waals surface area contributed by atoms with E-state index < -0.39 is 0 Å². The Bertz CT molecular complexity index is 1090. The number of anilines is 1. The molecule has 0 aliphatic carbocycles. The predicted octanol–water partition coefficient (Wildman–Crippen LogP) is 5.11. The molecule has 1 aliphatic rings. The lowest BCUT2D eigenvalue weighted by Gasteiger charge is -2.28. The third-order valence-corrected chi connectivity index (χ3v) is 5.58. The average molecular weight is 432 g/mol. The molecule has 1 atom stereocenters. The van der Waals surface area contributed by atoms with Crippen LogP contribution in [0.1, 0.15) is 41.6 Å². The molecule has 2 heterocycles. The van der Waals surface area contributed by atoms with Crippen molar-refractivity contribution < 1.29 is 13.5 Å². The molecule has 1 aliphatic heterocycles. The molecular formula is C25H25FN4O2. The van der Waals surface area contributed by atoms with Crippen LogP contribution in [0, 0.1) is 17.1 Å². The molecule has 0 bridgehead atoms. The van der Waals surface area contributed by atoms with E-state index in [1.165, 1.54) is 30.5 Å². The van der Waals surface area contributed by atoms with E-state index >= 15 is 0 Å². The summed E-state index contributed by atoms with van der Waals surface area (Å²) in [6.07, 6.45) is 5.79. The number of halogens is 1. The van der Waals surface area contributed by atoms with Crippen molar-refractivity contribution in [2.45, 2.75) is 18.9 Å². The van der Waals surface area contributed by atoms with Gasteiger partial charge in [-0.2, -0.15) is 10.2 Å². The third kappa shape index (κ3) is 5.16. The number of ether oxygens (including phenoxy) is 1. The molecule has 1 N–H and O–H groups in total. The van der Waals surface area contributed by atoms with Gasteiger partial charge >= 0.3 is 0 Å². The molecule has 164 valence electrons. The van der Waals surface area contributed by atoms with Crippen LogP contribution in [0.2, 0.25) is 0 Å². The molecule has 1 aromatic heterocycles. The fourth-order valence-electron chi connectivity index (χ4n) is 3.87. The number of benzene rings is 2. The molecule has 3 aromatic rings. The van der Waals surface area contributed by atoms with E-state index in [4.69, 9.17) is 9.15 Å². The predicted molar refractivity (Wildman–Crippen MR) is 122 cm³/mol. The number of nitrogens with one attached hydrogen (secondary N) is 1. The summed E-state index contributed by atoms with van der Waals surface area (Å²) in [4.78, 5) is 6.69. The van der Waals surface area contributed by atoms with Gasteiger partial charge in [0.15, 0.2) is 0 Å². The van der Waals surface area contributed by atoms with Crippen molar-refractivity contribution in [2.24, 2.45) is 0 Å². The molecule has 32 heavy (non-hydrogen) atoms. The Balaban J connectivity index is 1.49. The second-order valence-electron chi connectivity index (χ2n) is 7.64. The van der Waals surface area contributed by atoms with Gasteiger partial charge in [-0.25, -0.2) is 4.39 Å². The molecule has 0 spiro atoms. The van der Waals surface area contributed by atoms with E-state index in [9.17, 15) is 9.65 Å². The summed E-state index contributed by atoms with van der Waals surface area (Å²) in [5.74, 6) is 1.20. The fourth-order valence-corrected chi connectivity index (χ4v) is 3.87. The largest absolute Gasteiger partial charge is 0.497 e. The Labute approximate surface area is 186 Å². The van der Waals surface area contributed by atoms with E-state index in [0.29, 0.717) is 18.3 Å². The highest BCUT2D eigenvalue weighted by Crippen LogP contribution is 2.28. The van der Waals surface area contributed by atoms with Gasteiger partial charge in [0, 0.05) is 12.6 Å². The second-order valence-corrected chi connectivity index (χ2v) is 7.64. The van der Waals surface area contributed by atoms with Crippen molar-refractivity contribution in [1.29, 1.82) is 5.26 Å². The number of oxazole rings is 1. The summed E-state index contributed by atoms with van der Waals surface area (Å²) in [5.41, 5.74) is 2.19. The van der Waals surface area contributed by atoms with Crippen LogP contribution >= 0.6 is 0 Å². The Hall–Kier alpha value is -3.63. The first-order valence-electron chi connectivity index (χ1n) is 10.6. The number of methoxy groups -OCH3 is 1. The molecule has 0 radical (unpaired) electrons. The van der Waals surface area contributed by atoms with Crippen LogP contribution in [0.15, 0.2) is 52.9 Å². The smallest absolute Gasteiger partial charge is 0.232 e. The molecule has 0 saturated carbocycles.